The fourth-order valence-corrected chi connectivity index (χ4v) is 4.87. The van der Waals surface area contributed by atoms with Crippen molar-refractivity contribution in [1.82, 2.24) is 15.1 Å². The summed E-state index contributed by atoms with van der Waals surface area (Å²) in [5, 5.41) is 3.52. The van der Waals surface area contributed by atoms with Crippen LogP contribution in [0.1, 0.15) is 48.8 Å². The van der Waals surface area contributed by atoms with E-state index in [4.69, 9.17) is 11.6 Å². The minimum atomic E-state index is -0.265. The molecule has 0 radical (unpaired) electrons. The van der Waals surface area contributed by atoms with Crippen LogP contribution >= 0.6 is 11.6 Å². The summed E-state index contributed by atoms with van der Waals surface area (Å²) < 4.78 is 14.0. The summed E-state index contributed by atoms with van der Waals surface area (Å²) in [6.07, 6.45) is 5.57. The highest BCUT2D eigenvalue weighted by Gasteiger charge is 2.25. The van der Waals surface area contributed by atoms with Crippen molar-refractivity contribution in [3.05, 3.63) is 70.0 Å². The number of rotatable bonds is 7. The number of carbonyl (C=O) groups excluding carboxylic acids is 1. The average Bonchev–Trinajstić information content (AvgIpc) is 2.81. The van der Waals surface area contributed by atoms with Gasteiger partial charge in [-0.2, -0.15) is 0 Å². The van der Waals surface area contributed by atoms with Crippen LogP contribution in [0.2, 0.25) is 5.02 Å². The lowest BCUT2D eigenvalue weighted by atomic mass is 9.95. The Kier molecular flexibility index (Phi) is 8.17. The molecule has 172 valence electrons. The van der Waals surface area contributed by atoms with Crippen LogP contribution in [-0.4, -0.2) is 41.9 Å². The number of nitrogens with zero attached hydrogens (tertiary/aromatic N) is 2. The molecule has 2 aromatic rings. The smallest absolute Gasteiger partial charge is 0.223 e. The molecule has 2 fully saturated rings. The van der Waals surface area contributed by atoms with Crippen LogP contribution in [0.3, 0.4) is 0 Å². The molecule has 4 rings (SSSR count). The van der Waals surface area contributed by atoms with Gasteiger partial charge in [-0.1, -0.05) is 48.4 Å². The van der Waals surface area contributed by atoms with Crippen molar-refractivity contribution >= 4 is 17.5 Å². The maximum Gasteiger partial charge on any atom is 0.223 e. The quantitative estimate of drug-likeness (QED) is 0.636. The zero-order chi connectivity index (χ0) is 22.3. The lowest BCUT2D eigenvalue weighted by molar-refractivity contribution is -0.126. The fourth-order valence-electron chi connectivity index (χ4n) is 4.72. The summed E-state index contributed by atoms with van der Waals surface area (Å²) in [5.41, 5.74) is 3.13. The second-order valence-corrected chi connectivity index (χ2v) is 9.59. The molecule has 1 amide bonds. The van der Waals surface area contributed by atoms with Gasteiger partial charge < -0.3 is 5.32 Å². The summed E-state index contributed by atoms with van der Waals surface area (Å²) in [6, 6.07) is 13.5. The number of likely N-dealkylation sites (tertiary alicyclic amines) is 2. The molecule has 0 saturated carbocycles. The second-order valence-electron chi connectivity index (χ2n) is 9.16. The molecule has 2 saturated heterocycles. The van der Waals surface area contributed by atoms with Gasteiger partial charge >= 0.3 is 0 Å². The zero-order valence-corrected chi connectivity index (χ0v) is 19.4. The molecule has 0 aromatic heterocycles. The molecule has 2 aliphatic heterocycles. The van der Waals surface area contributed by atoms with E-state index in [9.17, 15) is 9.18 Å². The third-order valence-electron chi connectivity index (χ3n) is 6.71. The summed E-state index contributed by atoms with van der Waals surface area (Å²) >= 11 is 5.83. The Morgan fingerprint density at radius 3 is 2.25 bits per heavy atom. The second kappa shape index (κ2) is 11.3. The standard InChI is InChI=1S/C26H33ClFN3O/c27-24-9-8-23(25(28)16-24)19-31-14-10-22(11-15-31)26(32)29-17-20-4-6-21(7-5-20)18-30-12-2-1-3-13-30/h4-9,16,22H,1-3,10-15,17-19H2,(H,29,32). The molecule has 0 spiro atoms. The fraction of sp³-hybridized carbons (Fsp3) is 0.500. The maximum absolute atomic E-state index is 14.0. The van der Waals surface area contributed by atoms with Crippen LogP contribution in [0.15, 0.2) is 42.5 Å². The third kappa shape index (κ3) is 6.53. The van der Waals surface area contributed by atoms with Gasteiger partial charge in [0.05, 0.1) is 0 Å². The van der Waals surface area contributed by atoms with Gasteiger partial charge in [0.2, 0.25) is 5.91 Å². The Balaban J connectivity index is 1.18. The van der Waals surface area contributed by atoms with Crippen LogP contribution < -0.4 is 5.32 Å². The topological polar surface area (TPSA) is 35.6 Å². The average molecular weight is 458 g/mol. The molecule has 32 heavy (non-hydrogen) atoms. The summed E-state index contributed by atoms with van der Waals surface area (Å²) in [6.45, 7) is 6.14. The van der Waals surface area contributed by atoms with E-state index in [1.54, 1.807) is 12.1 Å². The third-order valence-corrected chi connectivity index (χ3v) is 6.95. The van der Waals surface area contributed by atoms with Gasteiger partial charge in [0.1, 0.15) is 5.82 Å². The van der Waals surface area contributed by atoms with Crippen molar-refractivity contribution in [3.8, 4) is 0 Å². The van der Waals surface area contributed by atoms with Gasteiger partial charge in [0.15, 0.2) is 0 Å². The molecule has 0 bridgehead atoms. The summed E-state index contributed by atoms with van der Waals surface area (Å²) in [7, 11) is 0. The molecule has 6 heteroatoms. The Bertz CT molecular complexity index is 890. The number of amides is 1. The van der Waals surface area contributed by atoms with Crippen LogP contribution in [0.5, 0.6) is 0 Å². The first-order valence-corrected chi connectivity index (χ1v) is 12.2. The Hall–Kier alpha value is -1.95. The van der Waals surface area contributed by atoms with Crippen LogP contribution in [0, 0.1) is 11.7 Å². The Morgan fingerprint density at radius 1 is 0.906 bits per heavy atom. The van der Waals surface area contributed by atoms with E-state index < -0.39 is 0 Å². The van der Waals surface area contributed by atoms with Crippen molar-refractivity contribution in [2.45, 2.75) is 51.7 Å². The van der Waals surface area contributed by atoms with Crippen molar-refractivity contribution in [1.29, 1.82) is 0 Å². The highest BCUT2D eigenvalue weighted by atomic mass is 35.5. The first kappa shape index (κ1) is 23.2. The van der Waals surface area contributed by atoms with E-state index in [0.29, 0.717) is 23.7 Å². The SMILES string of the molecule is O=C(NCc1ccc(CN2CCCCC2)cc1)C1CCN(Cc2ccc(Cl)cc2F)CC1. The van der Waals surface area contributed by atoms with E-state index in [1.807, 2.05) is 0 Å². The molecule has 0 aliphatic carbocycles. The summed E-state index contributed by atoms with van der Waals surface area (Å²) in [4.78, 5) is 17.4. The first-order valence-electron chi connectivity index (χ1n) is 11.8. The largest absolute Gasteiger partial charge is 0.352 e. The number of carbonyl (C=O) groups is 1. The van der Waals surface area contributed by atoms with Gasteiger partial charge in [0, 0.05) is 36.1 Å². The zero-order valence-electron chi connectivity index (χ0n) is 18.7. The number of piperidine rings is 2. The lowest BCUT2D eigenvalue weighted by Gasteiger charge is -2.31. The lowest BCUT2D eigenvalue weighted by Crippen LogP contribution is -2.40. The summed E-state index contributed by atoms with van der Waals surface area (Å²) in [5.74, 6) is -0.112. The van der Waals surface area contributed by atoms with E-state index in [2.05, 4.69) is 39.4 Å². The molecule has 2 aromatic carbocycles. The monoisotopic (exact) mass is 457 g/mol. The highest BCUT2D eigenvalue weighted by molar-refractivity contribution is 6.30. The number of hydrogen-bond acceptors (Lipinski definition) is 3. The van der Waals surface area contributed by atoms with Gasteiger partial charge in [0.25, 0.3) is 0 Å². The molecule has 1 N–H and O–H groups in total. The van der Waals surface area contributed by atoms with Crippen LogP contribution in [-0.2, 0) is 24.4 Å². The number of hydrogen-bond donors (Lipinski definition) is 1. The number of nitrogens with one attached hydrogen (secondary N) is 1. The Labute approximate surface area is 195 Å². The minimum Gasteiger partial charge on any atom is -0.352 e. The Morgan fingerprint density at radius 2 is 1.56 bits per heavy atom. The number of benzene rings is 2. The maximum atomic E-state index is 14.0. The van der Waals surface area contributed by atoms with E-state index in [0.717, 1.165) is 38.0 Å². The van der Waals surface area contributed by atoms with Crippen molar-refractivity contribution in [3.63, 3.8) is 0 Å². The highest BCUT2D eigenvalue weighted by Crippen LogP contribution is 2.22. The molecule has 2 heterocycles. The van der Waals surface area contributed by atoms with E-state index >= 15 is 0 Å². The predicted molar refractivity (Wildman–Crippen MR) is 127 cm³/mol. The van der Waals surface area contributed by atoms with Gasteiger partial charge in [-0.05, 0) is 75.1 Å². The molecular formula is C26H33ClFN3O. The van der Waals surface area contributed by atoms with Gasteiger partial charge in [-0.3, -0.25) is 14.6 Å². The van der Waals surface area contributed by atoms with Gasteiger partial charge in [-0.25, -0.2) is 4.39 Å². The molecule has 0 atom stereocenters. The van der Waals surface area contributed by atoms with Crippen molar-refractivity contribution in [2.75, 3.05) is 26.2 Å². The van der Waals surface area contributed by atoms with Crippen LogP contribution in [0.4, 0.5) is 4.39 Å². The number of halogens is 2. The van der Waals surface area contributed by atoms with Gasteiger partial charge in [-0.15, -0.1) is 0 Å². The van der Waals surface area contributed by atoms with E-state index in [-0.39, 0.29) is 17.6 Å². The molecule has 0 unspecified atom stereocenters. The molecule has 2 aliphatic rings. The van der Waals surface area contributed by atoms with Crippen molar-refractivity contribution < 1.29 is 9.18 Å². The minimum absolute atomic E-state index is 0.0275. The van der Waals surface area contributed by atoms with E-state index in [1.165, 1.54) is 44.0 Å². The predicted octanol–water partition coefficient (Wildman–Crippen LogP) is 4.99. The molecule has 4 nitrogen and oxygen atoms in total. The first-order chi connectivity index (χ1) is 15.6. The normalized spacial score (nSPS) is 18.6. The van der Waals surface area contributed by atoms with Crippen molar-refractivity contribution in [2.24, 2.45) is 5.92 Å². The van der Waals surface area contributed by atoms with Crippen LogP contribution in [0.25, 0.3) is 0 Å². The molecular weight excluding hydrogens is 425 g/mol.